The molecule has 0 aliphatic heterocycles. The zero-order valence-corrected chi connectivity index (χ0v) is 27.6. The monoisotopic (exact) mass is 657 g/mol. The van der Waals surface area contributed by atoms with E-state index in [1.54, 1.807) is 0 Å². The van der Waals surface area contributed by atoms with Crippen LogP contribution in [-0.4, -0.2) is 15.0 Å². The van der Waals surface area contributed by atoms with Gasteiger partial charge in [0, 0.05) is 47.6 Å². The van der Waals surface area contributed by atoms with Crippen molar-refractivity contribution in [2.75, 3.05) is 0 Å². The average molecular weight is 658 g/mol. The first kappa shape index (κ1) is 28.6. The Morgan fingerprint density at radius 1 is 0.360 bits per heavy atom. The molecule has 0 aliphatic carbocycles. The van der Waals surface area contributed by atoms with Gasteiger partial charge in [-0.05, 0) is 52.6 Å². The Labute approximate surface area is 292 Å². The smallest absolute Gasteiger partial charge is 0.164 e. The van der Waals surface area contributed by atoms with Gasteiger partial charge >= 0.3 is 0 Å². The molecule has 0 N–H and O–H groups in total. The molecule has 7 aromatic carbocycles. The molecule has 4 nitrogen and oxygen atoms in total. The largest absolute Gasteiger partial charge is 0.456 e. The van der Waals surface area contributed by atoms with Crippen LogP contribution in [-0.2, 0) is 0 Å². The Bertz CT molecular complexity index is 2860. The van der Waals surface area contributed by atoms with Gasteiger partial charge in [-0.3, -0.25) is 0 Å². The predicted octanol–water partition coefficient (Wildman–Crippen LogP) is 12.5. The number of nitrogens with zero attached hydrogens (tertiary/aromatic N) is 3. The third-order valence-corrected chi connectivity index (χ3v) is 10.6. The van der Waals surface area contributed by atoms with Gasteiger partial charge in [0.2, 0.25) is 0 Å². The maximum absolute atomic E-state index is 6.37. The van der Waals surface area contributed by atoms with Gasteiger partial charge < -0.3 is 4.42 Å². The molecule has 234 valence electrons. The molecule has 0 amide bonds. The van der Waals surface area contributed by atoms with Crippen LogP contribution >= 0.6 is 11.3 Å². The zero-order chi connectivity index (χ0) is 33.0. The Hall–Kier alpha value is -6.43. The fourth-order valence-corrected chi connectivity index (χ4v) is 8.09. The topological polar surface area (TPSA) is 51.8 Å². The number of furan rings is 1. The minimum Gasteiger partial charge on any atom is -0.456 e. The molecule has 0 saturated carbocycles. The lowest BCUT2D eigenvalue weighted by atomic mass is 10.0. The molecule has 0 unspecified atom stereocenters. The summed E-state index contributed by atoms with van der Waals surface area (Å²) < 4.78 is 8.97. The van der Waals surface area contributed by atoms with Crippen LogP contribution in [0, 0.1) is 0 Å². The highest BCUT2D eigenvalue weighted by Crippen LogP contribution is 2.40. The first-order valence-electron chi connectivity index (χ1n) is 16.6. The number of fused-ring (bicyclic) bond motifs is 6. The fourth-order valence-electron chi connectivity index (χ4n) is 6.85. The first-order valence-corrected chi connectivity index (χ1v) is 17.4. The number of rotatable bonds is 5. The second-order valence-electron chi connectivity index (χ2n) is 12.4. The number of aromatic nitrogens is 3. The van der Waals surface area contributed by atoms with Gasteiger partial charge in [-0.15, -0.1) is 11.3 Å². The van der Waals surface area contributed by atoms with Crippen molar-refractivity contribution in [2.24, 2.45) is 0 Å². The zero-order valence-electron chi connectivity index (χ0n) is 26.7. The van der Waals surface area contributed by atoms with Gasteiger partial charge in [0.05, 0.1) is 0 Å². The third kappa shape index (κ3) is 4.87. The van der Waals surface area contributed by atoms with E-state index in [2.05, 4.69) is 121 Å². The Morgan fingerprint density at radius 3 is 1.74 bits per heavy atom. The van der Waals surface area contributed by atoms with Crippen molar-refractivity contribution in [2.45, 2.75) is 0 Å². The van der Waals surface area contributed by atoms with E-state index in [9.17, 15) is 0 Å². The second-order valence-corrected chi connectivity index (χ2v) is 13.5. The summed E-state index contributed by atoms with van der Waals surface area (Å²) in [7, 11) is 0. The summed E-state index contributed by atoms with van der Waals surface area (Å²) in [5, 5.41) is 4.73. The molecule has 0 atom stereocenters. The lowest BCUT2D eigenvalue weighted by molar-refractivity contribution is 0.669. The summed E-state index contributed by atoms with van der Waals surface area (Å²) in [6.07, 6.45) is 0. The molecule has 0 saturated heterocycles. The minimum absolute atomic E-state index is 0.598. The highest BCUT2D eigenvalue weighted by atomic mass is 32.1. The van der Waals surface area contributed by atoms with Gasteiger partial charge in [-0.2, -0.15) is 0 Å². The summed E-state index contributed by atoms with van der Waals surface area (Å²) in [6, 6.07) is 56.9. The van der Waals surface area contributed by atoms with Crippen LogP contribution in [0.4, 0.5) is 0 Å². The lowest BCUT2D eigenvalue weighted by Crippen LogP contribution is -2.00. The van der Waals surface area contributed by atoms with E-state index in [1.165, 1.54) is 31.3 Å². The first-order chi connectivity index (χ1) is 24.7. The van der Waals surface area contributed by atoms with Crippen LogP contribution in [0.1, 0.15) is 0 Å². The summed E-state index contributed by atoms with van der Waals surface area (Å²) in [5.74, 6) is 1.85. The molecule has 0 radical (unpaired) electrons. The SMILES string of the molecule is c1ccc(-c2ccc3oc4cc(-c5nc(-c6ccccc6)nc(-c6ccc(-c7cccc8c7sc7ccccc78)cc6)n5)ccc4c3c2)cc1. The summed E-state index contributed by atoms with van der Waals surface area (Å²) in [4.78, 5) is 15.0. The summed E-state index contributed by atoms with van der Waals surface area (Å²) in [5.41, 5.74) is 9.10. The molecular weight excluding hydrogens is 631 g/mol. The third-order valence-electron chi connectivity index (χ3n) is 9.36. The molecule has 5 heteroatoms. The van der Waals surface area contributed by atoms with E-state index < -0.39 is 0 Å². The van der Waals surface area contributed by atoms with Crippen LogP contribution in [0.25, 0.3) is 98.5 Å². The van der Waals surface area contributed by atoms with E-state index in [0.717, 1.165) is 49.8 Å². The van der Waals surface area contributed by atoms with E-state index >= 15 is 0 Å². The Kier molecular flexibility index (Phi) is 6.64. The number of hydrogen-bond acceptors (Lipinski definition) is 5. The van der Waals surface area contributed by atoms with Gasteiger partial charge in [-0.1, -0.05) is 133 Å². The van der Waals surface area contributed by atoms with Crippen LogP contribution in [0.5, 0.6) is 0 Å². The maximum atomic E-state index is 6.37. The van der Waals surface area contributed by atoms with Gasteiger partial charge in [0.25, 0.3) is 0 Å². The average Bonchev–Trinajstić information content (AvgIpc) is 3.76. The van der Waals surface area contributed by atoms with Gasteiger partial charge in [0.15, 0.2) is 17.5 Å². The van der Waals surface area contributed by atoms with Crippen molar-refractivity contribution in [3.05, 3.63) is 164 Å². The maximum Gasteiger partial charge on any atom is 0.164 e. The van der Waals surface area contributed by atoms with Gasteiger partial charge in [0.1, 0.15) is 11.2 Å². The number of thiophene rings is 1. The van der Waals surface area contributed by atoms with Crippen LogP contribution in [0.3, 0.4) is 0 Å². The molecule has 3 heterocycles. The minimum atomic E-state index is 0.598. The molecule has 3 aromatic heterocycles. The van der Waals surface area contributed by atoms with Crippen molar-refractivity contribution in [3.63, 3.8) is 0 Å². The molecule has 0 aliphatic rings. The van der Waals surface area contributed by atoms with Crippen molar-refractivity contribution in [1.29, 1.82) is 0 Å². The van der Waals surface area contributed by atoms with E-state index in [1.807, 2.05) is 53.8 Å². The summed E-state index contributed by atoms with van der Waals surface area (Å²) in [6.45, 7) is 0. The fraction of sp³-hybridized carbons (Fsp3) is 0. The molecular formula is C45H27N3OS. The molecule has 0 fully saturated rings. The van der Waals surface area contributed by atoms with Crippen LogP contribution < -0.4 is 0 Å². The van der Waals surface area contributed by atoms with E-state index in [0.29, 0.717) is 17.5 Å². The Balaban J connectivity index is 1.06. The normalized spacial score (nSPS) is 11.6. The van der Waals surface area contributed by atoms with Crippen LogP contribution in [0.15, 0.2) is 168 Å². The highest BCUT2D eigenvalue weighted by molar-refractivity contribution is 7.26. The molecule has 10 rings (SSSR count). The summed E-state index contributed by atoms with van der Waals surface area (Å²) >= 11 is 1.84. The molecule has 10 aromatic rings. The van der Waals surface area contributed by atoms with Crippen LogP contribution in [0.2, 0.25) is 0 Å². The molecule has 0 bridgehead atoms. The number of hydrogen-bond donors (Lipinski definition) is 0. The molecule has 0 spiro atoms. The predicted molar refractivity (Wildman–Crippen MR) is 207 cm³/mol. The second kappa shape index (κ2) is 11.6. The Morgan fingerprint density at radius 2 is 0.960 bits per heavy atom. The van der Waals surface area contributed by atoms with Gasteiger partial charge in [-0.25, -0.2) is 15.0 Å². The quantitative estimate of drug-likeness (QED) is 0.185. The van der Waals surface area contributed by atoms with E-state index in [-0.39, 0.29) is 0 Å². The van der Waals surface area contributed by atoms with Crippen molar-refractivity contribution < 1.29 is 4.42 Å². The molecule has 50 heavy (non-hydrogen) atoms. The van der Waals surface area contributed by atoms with Crippen molar-refractivity contribution in [1.82, 2.24) is 15.0 Å². The highest BCUT2D eigenvalue weighted by Gasteiger charge is 2.16. The van der Waals surface area contributed by atoms with Crippen molar-refractivity contribution >= 4 is 53.4 Å². The van der Waals surface area contributed by atoms with Crippen molar-refractivity contribution in [3.8, 4) is 56.4 Å². The number of benzene rings is 7. The standard InChI is InChI=1S/C45H27N3OS/c1-3-10-28(11-4-1)32-23-25-39-38(26-32)35-24-22-33(27-40(35)49-39)45-47-43(30-12-5-2-6-13-30)46-44(48-45)31-20-18-29(19-21-31)34-15-9-16-37-36-14-7-8-17-41(36)50-42(34)37/h1-27H. The lowest BCUT2D eigenvalue weighted by Gasteiger charge is -2.09. The van der Waals surface area contributed by atoms with E-state index in [4.69, 9.17) is 19.4 Å².